The summed E-state index contributed by atoms with van der Waals surface area (Å²) in [4.78, 5) is 34.5. The van der Waals surface area contributed by atoms with Gasteiger partial charge in [-0.25, -0.2) is 9.37 Å². The number of hydrogen-bond acceptors (Lipinski definition) is 6. The van der Waals surface area contributed by atoms with Gasteiger partial charge in [0.05, 0.1) is 5.69 Å². The van der Waals surface area contributed by atoms with Crippen LogP contribution in [0.25, 0.3) is 15.5 Å². The summed E-state index contributed by atoms with van der Waals surface area (Å²) in [6.07, 6.45) is 0. The molecule has 1 aliphatic rings. The number of rotatable bonds is 4. The molecule has 3 heterocycles. The number of hydrogen-bond donors (Lipinski definition) is 0. The molecule has 2 aromatic carbocycles. The molecule has 1 aliphatic heterocycles. The first kappa shape index (κ1) is 21.4. The molecule has 1 saturated heterocycles. The molecule has 0 aliphatic carbocycles. The number of carbonyl (C=O) groups excluding carboxylic acids is 1. The number of aromatic nitrogens is 3. The minimum atomic E-state index is -0.354. The molecule has 4 aromatic rings. The molecule has 0 bridgehead atoms. The molecule has 168 valence electrons. The van der Waals surface area contributed by atoms with Crippen LogP contribution in [0.3, 0.4) is 0 Å². The second-order valence-electron chi connectivity index (χ2n) is 8.14. The van der Waals surface area contributed by atoms with Crippen LogP contribution in [0.1, 0.15) is 21.6 Å². The lowest BCUT2D eigenvalue weighted by Gasteiger charge is -2.34. The maximum absolute atomic E-state index is 13.6. The summed E-state index contributed by atoms with van der Waals surface area (Å²) >= 11 is 1.26. The van der Waals surface area contributed by atoms with Crippen molar-refractivity contribution in [3.05, 3.63) is 87.6 Å². The van der Waals surface area contributed by atoms with Gasteiger partial charge in [-0.05, 0) is 31.2 Å². The molecule has 0 radical (unpaired) electrons. The number of benzene rings is 2. The Balaban J connectivity index is 1.28. The standard InChI is InChI=1S/C24H22FN5O2S/c1-16-4-2-6-18(12-16)23(32)29-10-8-28(9-11-29)15-20-14-21(31)30-24(26-20)33-22(27-30)17-5-3-7-19(25)13-17/h2-7,12-14H,8-11,15H2,1H3. The van der Waals surface area contributed by atoms with Crippen LogP contribution < -0.4 is 5.56 Å². The maximum atomic E-state index is 13.6. The third kappa shape index (κ3) is 4.55. The van der Waals surface area contributed by atoms with E-state index in [4.69, 9.17) is 0 Å². The minimum Gasteiger partial charge on any atom is -0.336 e. The third-order valence-corrected chi connectivity index (χ3v) is 6.64. The molecule has 0 atom stereocenters. The first-order valence-corrected chi connectivity index (χ1v) is 11.5. The normalized spacial score (nSPS) is 14.7. The van der Waals surface area contributed by atoms with Crippen molar-refractivity contribution >= 4 is 22.2 Å². The first-order chi connectivity index (χ1) is 16.0. The Kier molecular flexibility index (Phi) is 5.74. The van der Waals surface area contributed by atoms with Crippen molar-refractivity contribution in [3.8, 4) is 10.6 Å². The largest absolute Gasteiger partial charge is 0.336 e. The number of carbonyl (C=O) groups is 1. The number of fused-ring (bicyclic) bond motifs is 1. The SMILES string of the molecule is Cc1cccc(C(=O)N2CCN(Cc3cc(=O)n4nc(-c5cccc(F)c5)sc4n3)CC2)c1. The average molecular weight is 464 g/mol. The lowest BCUT2D eigenvalue weighted by atomic mass is 10.1. The molecule has 5 rings (SSSR count). The first-order valence-electron chi connectivity index (χ1n) is 10.7. The summed E-state index contributed by atoms with van der Waals surface area (Å²) in [6, 6.07) is 15.3. The van der Waals surface area contributed by atoms with Crippen molar-refractivity contribution in [2.45, 2.75) is 13.5 Å². The average Bonchev–Trinajstić information content (AvgIpc) is 3.24. The molecule has 33 heavy (non-hydrogen) atoms. The van der Waals surface area contributed by atoms with Gasteiger partial charge in [0.15, 0.2) is 0 Å². The monoisotopic (exact) mass is 463 g/mol. The van der Waals surface area contributed by atoms with Gasteiger partial charge in [0.2, 0.25) is 4.96 Å². The van der Waals surface area contributed by atoms with Gasteiger partial charge in [-0.2, -0.15) is 9.61 Å². The zero-order chi connectivity index (χ0) is 22.9. The Morgan fingerprint density at radius 3 is 2.61 bits per heavy atom. The van der Waals surface area contributed by atoms with Crippen LogP contribution in [0.4, 0.5) is 4.39 Å². The summed E-state index contributed by atoms with van der Waals surface area (Å²) < 4.78 is 14.8. The fourth-order valence-corrected chi connectivity index (χ4v) is 4.89. The highest BCUT2D eigenvalue weighted by Crippen LogP contribution is 2.25. The molecule has 0 N–H and O–H groups in total. The molecular formula is C24H22FN5O2S. The van der Waals surface area contributed by atoms with Crippen molar-refractivity contribution in [2.24, 2.45) is 0 Å². The van der Waals surface area contributed by atoms with E-state index in [0.717, 1.165) is 5.56 Å². The summed E-state index contributed by atoms with van der Waals surface area (Å²) in [7, 11) is 0. The summed E-state index contributed by atoms with van der Waals surface area (Å²) in [5, 5.41) is 4.85. The Morgan fingerprint density at radius 1 is 1.06 bits per heavy atom. The fourth-order valence-electron chi connectivity index (χ4n) is 3.97. The summed E-state index contributed by atoms with van der Waals surface area (Å²) in [5.41, 5.74) is 2.79. The van der Waals surface area contributed by atoms with Crippen LogP contribution in [-0.4, -0.2) is 56.5 Å². The van der Waals surface area contributed by atoms with E-state index in [1.54, 1.807) is 12.1 Å². The number of nitrogens with zero attached hydrogens (tertiary/aromatic N) is 5. The van der Waals surface area contributed by atoms with Gasteiger partial charge in [-0.3, -0.25) is 14.5 Å². The highest BCUT2D eigenvalue weighted by molar-refractivity contribution is 7.19. The van der Waals surface area contributed by atoms with Crippen molar-refractivity contribution < 1.29 is 9.18 Å². The smallest absolute Gasteiger partial charge is 0.275 e. The van der Waals surface area contributed by atoms with Gasteiger partial charge in [-0.15, -0.1) is 0 Å². The molecule has 0 unspecified atom stereocenters. The van der Waals surface area contributed by atoms with Crippen LogP contribution in [-0.2, 0) is 6.54 Å². The highest BCUT2D eigenvalue weighted by atomic mass is 32.1. The number of halogens is 1. The summed E-state index contributed by atoms with van der Waals surface area (Å²) in [5.74, 6) is -0.307. The van der Waals surface area contributed by atoms with Crippen LogP contribution in [0.15, 0.2) is 59.4 Å². The molecule has 1 fully saturated rings. The number of piperazine rings is 1. The molecule has 7 nitrogen and oxygen atoms in total. The molecule has 2 aromatic heterocycles. The van der Waals surface area contributed by atoms with E-state index in [-0.39, 0.29) is 17.3 Å². The molecule has 0 spiro atoms. The van der Waals surface area contributed by atoms with Crippen molar-refractivity contribution in [2.75, 3.05) is 26.2 Å². The van der Waals surface area contributed by atoms with Crippen molar-refractivity contribution in [3.63, 3.8) is 0 Å². The van der Waals surface area contributed by atoms with E-state index in [9.17, 15) is 14.0 Å². The van der Waals surface area contributed by atoms with E-state index in [1.165, 1.54) is 34.1 Å². The second-order valence-corrected chi connectivity index (χ2v) is 9.09. The molecule has 1 amide bonds. The van der Waals surface area contributed by atoms with E-state index >= 15 is 0 Å². The van der Waals surface area contributed by atoms with E-state index in [0.29, 0.717) is 59.5 Å². The van der Waals surface area contributed by atoms with Gasteiger partial charge in [0.1, 0.15) is 10.8 Å². The number of amides is 1. The van der Waals surface area contributed by atoms with E-state index in [1.807, 2.05) is 36.1 Å². The van der Waals surface area contributed by atoms with Gasteiger partial charge in [0.25, 0.3) is 11.5 Å². The fraction of sp³-hybridized carbons (Fsp3) is 0.250. The molecular weight excluding hydrogens is 441 g/mol. The van der Waals surface area contributed by atoms with Gasteiger partial charge in [0, 0.05) is 49.9 Å². The van der Waals surface area contributed by atoms with Crippen molar-refractivity contribution in [1.29, 1.82) is 0 Å². The zero-order valence-electron chi connectivity index (χ0n) is 18.1. The van der Waals surface area contributed by atoms with E-state index in [2.05, 4.69) is 15.0 Å². The Hall–Kier alpha value is -3.43. The maximum Gasteiger partial charge on any atom is 0.275 e. The Bertz CT molecular complexity index is 1390. The molecule has 9 heteroatoms. The van der Waals surface area contributed by atoms with Gasteiger partial charge >= 0.3 is 0 Å². The highest BCUT2D eigenvalue weighted by Gasteiger charge is 2.23. The lowest BCUT2D eigenvalue weighted by Crippen LogP contribution is -2.48. The Morgan fingerprint density at radius 2 is 1.85 bits per heavy atom. The Labute approximate surface area is 193 Å². The van der Waals surface area contributed by atoms with Crippen LogP contribution in [0, 0.1) is 12.7 Å². The lowest BCUT2D eigenvalue weighted by molar-refractivity contribution is 0.0627. The predicted molar refractivity (Wildman–Crippen MR) is 125 cm³/mol. The second kappa shape index (κ2) is 8.84. The van der Waals surface area contributed by atoms with Crippen LogP contribution in [0.2, 0.25) is 0 Å². The molecule has 0 saturated carbocycles. The van der Waals surface area contributed by atoms with Crippen molar-refractivity contribution in [1.82, 2.24) is 24.4 Å². The minimum absolute atomic E-state index is 0.0469. The summed E-state index contributed by atoms with van der Waals surface area (Å²) in [6.45, 7) is 5.15. The van der Waals surface area contributed by atoms with E-state index < -0.39 is 0 Å². The topological polar surface area (TPSA) is 70.8 Å². The van der Waals surface area contributed by atoms with Crippen LogP contribution in [0.5, 0.6) is 0 Å². The van der Waals surface area contributed by atoms with Crippen LogP contribution >= 0.6 is 11.3 Å². The van der Waals surface area contributed by atoms with Gasteiger partial charge in [-0.1, -0.05) is 41.2 Å². The third-order valence-electron chi connectivity index (χ3n) is 5.68. The number of aryl methyl sites for hydroxylation is 1. The van der Waals surface area contributed by atoms with Gasteiger partial charge < -0.3 is 4.90 Å². The predicted octanol–water partition coefficient (Wildman–Crippen LogP) is 3.22. The zero-order valence-corrected chi connectivity index (χ0v) is 18.9. The quantitative estimate of drug-likeness (QED) is 0.465.